The molecule has 0 aromatic rings. The Hall–Kier alpha value is -1.24. The van der Waals surface area contributed by atoms with Crippen LogP contribution in [0.4, 0.5) is 0 Å². The summed E-state index contributed by atoms with van der Waals surface area (Å²) in [5.41, 5.74) is 0. The Morgan fingerprint density at radius 3 is 2.42 bits per heavy atom. The van der Waals surface area contributed by atoms with Crippen LogP contribution in [0.15, 0.2) is 48.3 Å². The molecule has 1 heteroatoms. The number of hydrogen-bond acceptors (Lipinski definition) is 1. The van der Waals surface area contributed by atoms with Crippen molar-refractivity contribution in [2.45, 2.75) is 20.0 Å². The molecule has 0 radical (unpaired) electrons. The second-order valence-electron chi connectivity index (χ2n) is 2.86. The first kappa shape index (κ1) is 8.85. The minimum absolute atomic E-state index is 0.234. The predicted octanol–water partition coefficient (Wildman–Crippen LogP) is 2.98. The maximum absolute atomic E-state index is 5.52. The summed E-state index contributed by atoms with van der Waals surface area (Å²) in [4.78, 5) is 0. The van der Waals surface area contributed by atoms with Gasteiger partial charge < -0.3 is 4.74 Å². The Labute approximate surface area is 73.7 Å². The molecule has 0 spiro atoms. The largest absolute Gasteiger partial charge is 0.491 e. The SMILES string of the molecule is CC(C)OC1=CC=CC=CC=C1. The third-order valence-electron chi connectivity index (χ3n) is 1.34. The molecule has 0 N–H and O–H groups in total. The minimum Gasteiger partial charge on any atom is -0.491 e. The van der Waals surface area contributed by atoms with E-state index in [1.807, 2.05) is 56.4 Å². The highest BCUT2D eigenvalue weighted by molar-refractivity contribution is 5.27. The van der Waals surface area contributed by atoms with E-state index in [2.05, 4.69) is 0 Å². The fraction of sp³-hybridized carbons (Fsp3) is 0.273. The molecular formula is C11H14O. The molecule has 0 atom stereocenters. The fourth-order valence-corrected chi connectivity index (χ4v) is 0.900. The van der Waals surface area contributed by atoms with Gasteiger partial charge in [-0.1, -0.05) is 30.4 Å². The van der Waals surface area contributed by atoms with E-state index in [-0.39, 0.29) is 6.10 Å². The molecule has 0 aromatic carbocycles. The first-order chi connectivity index (χ1) is 5.79. The number of ether oxygens (including phenoxy) is 1. The Balaban J connectivity index is 2.62. The van der Waals surface area contributed by atoms with Crippen molar-refractivity contribution in [1.29, 1.82) is 0 Å². The van der Waals surface area contributed by atoms with E-state index in [4.69, 9.17) is 4.74 Å². The van der Waals surface area contributed by atoms with E-state index < -0.39 is 0 Å². The molecule has 1 rings (SSSR count). The zero-order chi connectivity index (χ0) is 8.81. The van der Waals surface area contributed by atoms with E-state index in [0.29, 0.717) is 0 Å². The maximum atomic E-state index is 5.52. The summed E-state index contributed by atoms with van der Waals surface area (Å²) >= 11 is 0. The van der Waals surface area contributed by atoms with Crippen LogP contribution in [0.5, 0.6) is 0 Å². The van der Waals surface area contributed by atoms with Gasteiger partial charge in [0.2, 0.25) is 0 Å². The van der Waals surface area contributed by atoms with Gasteiger partial charge >= 0.3 is 0 Å². The molecule has 12 heavy (non-hydrogen) atoms. The highest BCUT2D eigenvalue weighted by Gasteiger charge is 1.95. The molecule has 1 aliphatic rings. The van der Waals surface area contributed by atoms with Crippen LogP contribution in [-0.4, -0.2) is 6.10 Å². The summed E-state index contributed by atoms with van der Waals surface area (Å²) < 4.78 is 5.52. The lowest BCUT2D eigenvalue weighted by Crippen LogP contribution is -2.00. The molecule has 0 saturated heterocycles. The van der Waals surface area contributed by atoms with Crippen LogP contribution >= 0.6 is 0 Å². The molecule has 0 heterocycles. The van der Waals surface area contributed by atoms with Gasteiger partial charge in [0.15, 0.2) is 0 Å². The highest BCUT2D eigenvalue weighted by Crippen LogP contribution is 2.06. The summed E-state index contributed by atoms with van der Waals surface area (Å²) in [5, 5.41) is 0. The van der Waals surface area contributed by atoms with Crippen molar-refractivity contribution in [3.63, 3.8) is 0 Å². The predicted molar refractivity (Wildman–Crippen MR) is 51.7 cm³/mol. The van der Waals surface area contributed by atoms with Gasteiger partial charge in [0, 0.05) is 0 Å². The van der Waals surface area contributed by atoms with Gasteiger partial charge in [0.1, 0.15) is 5.76 Å². The first-order valence-corrected chi connectivity index (χ1v) is 4.17. The van der Waals surface area contributed by atoms with Gasteiger partial charge in [0.05, 0.1) is 6.10 Å². The van der Waals surface area contributed by atoms with Crippen molar-refractivity contribution in [2.24, 2.45) is 0 Å². The van der Waals surface area contributed by atoms with E-state index in [9.17, 15) is 0 Å². The van der Waals surface area contributed by atoms with Crippen molar-refractivity contribution in [1.82, 2.24) is 0 Å². The number of rotatable bonds is 2. The lowest BCUT2D eigenvalue weighted by Gasteiger charge is -2.09. The zero-order valence-corrected chi connectivity index (χ0v) is 7.53. The minimum atomic E-state index is 0.234. The van der Waals surface area contributed by atoms with Crippen LogP contribution in [0.3, 0.4) is 0 Å². The smallest absolute Gasteiger partial charge is 0.119 e. The van der Waals surface area contributed by atoms with Gasteiger partial charge in [-0.25, -0.2) is 0 Å². The molecule has 0 saturated carbocycles. The quantitative estimate of drug-likeness (QED) is 0.606. The fourth-order valence-electron chi connectivity index (χ4n) is 0.900. The van der Waals surface area contributed by atoms with Crippen LogP contribution < -0.4 is 0 Å². The summed E-state index contributed by atoms with van der Waals surface area (Å²) in [6.45, 7) is 4.04. The third-order valence-corrected chi connectivity index (χ3v) is 1.34. The summed E-state index contributed by atoms with van der Waals surface area (Å²) in [5.74, 6) is 0.908. The Morgan fingerprint density at radius 2 is 1.67 bits per heavy atom. The average Bonchev–Trinajstić information content (AvgIpc) is 1.93. The van der Waals surface area contributed by atoms with Crippen molar-refractivity contribution in [2.75, 3.05) is 0 Å². The standard InChI is InChI=1S/C11H14O/c1-10(2)12-11-8-6-4-3-5-7-9-11/h3-10H,1-2H3. The molecule has 0 bridgehead atoms. The molecule has 0 aliphatic heterocycles. The zero-order valence-electron chi connectivity index (χ0n) is 7.53. The van der Waals surface area contributed by atoms with Crippen LogP contribution in [-0.2, 0) is 4.74 Å². The first-order valence-electron chi connectivity index (χ1n) is 4.17. The summed E-state index contributed by atoms with van der Waals surface area (Å²) in [6, 6.07) is 0. The van der Waals surface area contributed by atoms with E-state index in [0.717, 1.165) is 5.76 Å². The van der Waals surface area contributed by atoms with Crippen LogP contribution in [0, 0.1) is 0 Å². The third kappa shape index (κ3) is 3.24. The number of allylic oxidation sites excluding steroid dienone is 7. The Bertz CT molecular complexity index is 242. The molecular weight excluding hydrogens is 148 g/mol. The van der Waals surface area contributed by atoms with Gasteiger partial charge in [0.25, 0.3) is 0 Å². The lowest BCUT2D eigenvalue weighted by molar-refractivity contribution is 0.158. The average molecular weight is 162 g/mol. The monoisotopic (exact) mass is 162 g/mol. The Kier molecular flexibility index (Phi) is 3.39. The molecule has 1 nitrogen and oxygen atoms in total. The van der Waals surface area contributed by atoms with Crippen LogP contribution in [0.1, 0.15) is 13.8 Å². The molecule has 1 aliphatic carbocycles. The maximum Gasteiger partial charge on any atom is 0.119 e. The lowest BCUT2D eigenvalue weighted by atomic mass is 10.3. The van der Waals surface area contributed by atoms with E-state index in [1.165, 1.54) is 0 Å². The van der Waals surface area contributed by atoms with Gasteiger partial charge in [-0.05, 0) is 26.0 Å². The van der Waals surface area contributed by atoms with Crippen molar-refractivity contribution in [3.8, 4) is 0 Å². The molecule has 0 fully saturated rings. The van der Waals surface area contributed by atoms with E-state index in [1.54, 1.807) is 0 Å². The van der Waals surface area contributed by atoms with Crippen molar-refractivity contribution >= 4 is 0 Å². The van der Waals surface area contributed by atoms with Crippen LogP contribution in [0.2, 0.25) is 0 Å². The summed E-state index contributed by atoms with van der Waals surface area (Å²) in [6.07, 6.45) is 14.0. The molecule has 0 unspecified atom stereocenters. The molecule has 0 aromatic heterocycles. The van der Waals surface area contributed by atoms with Crippen molar-refractivity contribution in [3.05, 3.63) is 48.3 Å². The Morgan fingerprint density at radius 1 is 1.00 bits per heavy atom. The normalized spacial score (nSPS) is 15.8. The summed E-state index contributed by atoms with van der Waals surface area (Å²) in [7, 11) is 0. The van der Waals surface area contributed by atoms with Crippen LogP contribution in [0.25, 0.3) is 0 Å². The second kappa shape index (κ2) is 4.60. The second-order valence-corrected chi connectivity index (χ2v) is 2.86. The van der Waals surface area contributed by atoms with Gasteiger partial charge in [-0.3, -0.25) is 0 Å². The number of hydrogen-bond donors (Lipinski definition) is 0. The highest BCUT2D eigenvalue weighted by atomic mass is 16.5. The van der Waals surface area contributed by atoms with Gasteiger partial charge in [-0.2, -0.15) is 0 Å². The van der Waals surface area contributed by atoms with Gasteiger partial charge in [-0.15, -0.1) is 0 Å². The van der Waals surface area contributed by atoms with Crippen molar-refractivity contribution < 1.29 is 4.74 Å². The molecule has 64 valence electrons. The topological polar surface area (TPSA) is 9.23 Å². The molecule has 0 amide bonds. The van der Waals surface area contributed by atoms with E-state index >= 15 is 0 Å².